The van der Waals surface area contributed by atoms with Crippen molar-refractivity contribution in [3.8, 4) is 5.75 Å². The highest BCUT2D eigenvalue weighted by Gasteiger charge is 2.34. The normalized spacial score (nSPS) is 20.2. The van der Waals surface area contributed by atoms with Crippen LogP contribution in [0.2, 0.25) is 5.02 Å². The molecule has 0 bridgehead atoms. The van der Waals surface area contributed by atoms with Gasteiger partial charge in [0.1, 0.15) is 5.75 Å². The maximum atomic E-state index is 12.7. The van der Waals surface area contributed by atoms with Crippen LogP contribution in [0, 0.1) is 0 Å². The summed E-state index contributed by atoms with van der Waals surface area (Å²) in [6.07, 6.45) is 0.477. The summed E-state index contributed by atoms with van der Waals surface area (Å²) in [7, 11) is -1.56. The molecule has 21 heavy (non-hydrogen) atoms. The number of nitrogens with zero attached hydrogens (tertiary/aromatic N) is 1. The molecule has 1 atom stereocenters. The molecule has 0 N–H and O–H groups in total. The second kappa shape index (κ2) is 6.23. The number of carbonyl (C=O) groups excluding carboxylic acids is 1. The van der Waals surface area contributed by atoms with Crippen molar-refractivity contribution in [2.24, 2.45) is 0 Å². The highest BCUT2D eigenvalue weighted by atomic mass is 35.5. The molecule has 2 rings (SSSR count). The number of rotatable bonds is 4. The maximum Gasteiger partial charge on any atom is 0.257 e. The predicted molar refractivity (Wildman–Crippen MR) is 81.8 cm³/mol. The Hall–Kier alpha value is -1.27. The lowest BCUT2D eigenvalue weighted by atomic mass is 10.1. The number of halogens is 1. The third-order valence-corrected chi connectivity index (χ3v) is 5.63. The van der Waals surface area contributed by atoms with Gasteiger partial charge in [-0.15, -0.1) is 0 Å². The zero-order chi connectivity index (χ0) is 15.6. The van der Waals surface area contributed by atoms with Crippen LogP contribution < -0.4 is 4.74 Å². The van der Waals surface area contributed by atoms with Crippen molar-refractivity contribution in [2.75, 3.05) is 25.2 Å². The van der Waals surface area contributed by atoms with Gasteiger partial charge >= 0.3 is 0 Å². The molecule has 1 fully saturated rings. The third-order valence-electron chi connectivity index (χ3n) is 3.64. The van der Waals surface area contributed by atoms with E-state index in [0.717, 1.165) is 0 Å². The number of hydrogen-bond acceptors (Lipinski definition) is 4. The Kier molecular flexibility index (Phi) is 4.78. The molecule has 1 amide bonds. The average Bonchev–Trinajstić information content (AvgIpc) is 2.79. The van der Waals surface area contributed by atoms with Crippen LogP contribution in [0.5, 0.6) is 5.75 Å². The zero-order valence-electron chi connectivity index (χ0n) is 12.0. The minimum absolute atomic E-state index is 0.0233. The number of hydrogen-bond donors (Lipinski definition) is 0. The second-order valence-corrected chi connectivity index (χ2v) is 7.66. The van der Waals surface area contributed by atoms with Crippen LogP contribution in [0.3, 0.4) is 0 Å². The molecule has 0 saturated carbocycles. The van der Waals surface area contributed by atoms with Crippen molar-refractivity contribution in [1.29, 1.82) is 0 Å². The molecule has 5 nitrogen and oxygen atoms in total. The van der Waals surface area contributed by atoms with E-state index in [1.807, 2.05) is 6.92 Å². The van der Waals surface area contributed by atoms with E-state index >= 15 is 0 Å². The van der Waals surface area contributed by atoms with E-state index in [1.165, 1.54) is 7.11 Å². The van der Waals surface area contributed by atoms with Crippen molar-refractivity contribution in [1.82, 2.24) is 4.90 Å². The lowest BCUT2D eigenvalue weighted by molar-refractivity contribution is 0.0705. The second-order valence-electron chi connectivity index (χ2n) is 4.99. The largest absolute Gasteiger partial charge is 0.496 e. The molecule has 1 unspecified atom stereocenters. The summed E-state index contributed by atoms with van der Waals surface area (Å²) in [4.78, 5) is 14.3. The van der Waals surface area contributed by atoms with Gasteiger partial charge in [0.15, 0.2) is 9.84 Å². The number of carbonyl (C=O) groups is 1. The first kappa shape index (κ1) is 16.1. The molecule has 1 aliphatic heterocycles. The Bertz CT molecular complexity index is 644. The Morgan fingerprint density at radius 2 is 2.19 bits per heavy atom. The first-order valence-corrected chi connectivity index (χ1v) is 8.93. The topological polar surface area (TPSA) is 63.7 Å². The van der Waals surface area contributed by atoms with Crippen LogP contribution in [0.1, 0.15) is 23.7 Å². The van der Waals surface area contributed by atoms with Crippen LogP contribution in [-0.2, 0) is 9.84 Å². The Morgan fingerprint density at radius 1 is 1.48 bits per heavy atom. The monoisotopic (exact) mass is 331 g/mol. The summed E-state index contributed by atoms with van der Waals surface area (Å²) < 4.78 is 28.4. The van der Waals surface area contributed by atoms with Gasteiger partial charge in [-0.05, 0) is 31.5 Å². The van der Waals surface area contributed by atoms with E-state index in [-0.39, 0.29) is 23.5 Å². The quantitative estimate of drug-likeness (QED) is 0.846. The van der Waals surface area contributed by atoms with E-state index in [4.69, 9.17) is 16.3 Å². The molecule has 0 spiro atoms. The standard InChI is InChI=1S/C14H18ClNO4S/c1-3-16(11-6-7-21(18,19)9-11)14(17)12-8-10(15)4-5-13(12)20-2/h4-5,8,11H,3,6-7,9H2,1-2H3. The predicted octanol–water partition coefficient (Wildman–Crippen LogP) is 2.00. The molecule has 1 aliphatic rings. The molecule has 0 aromatic heterocycles. The fourth-order valence-electron chi connectivity index (χ4n) is 2.59. The van der Waals surface area contributed by atoms with Crippen LogP contribution in [0.4, 0.5) is 0 Å². The van der Waals surface area contributed by atoms with E-state index < -0.39 is 9.84 Å². The molecule has 1 saturated heterocycles. The van der Waals surface area contributed by atoms with Gasteiger partial charge < -0.3 is 9.64 Å². The summed E-state index contributed by atoms with van der Waals surface area (Å²) in [5.74, 6) is 0.339. The summed E-state index contributed by atoms with van der Waals surface area (Å²) >= 11 is 5.95. The lowest BCUT2D eigenvalue weighted by Crippen LogP contribution is -2.41. The van der Waals surface area contributed by atoms with E-state index in [9.17, 15) is 13.2 Å². The number of ether oxygens (including phenoxy) is 1. The summed E-state index contributed by atoms with van der Waals surface area (Å²) in [5, 5.41) is 0.439. The number of benzene rings is 1. The first-order valence-electron chi connectivity index (χ1n) is 6.73. The van der Waals surface area contributed by atoms with E-state index in [1.54, 1.807) is 23.1 Å². The third kappa shape index (κ3) is 3.49. The molecule has 1 heterocycles. The minimum atomic E-state index is -3.04. The van der Waals surface area contributed by atoms with Gasteiger partial charge in [-0.25, -0.2) is 8.42 Å². The Morgan fingerprint density at radius 3 is 2.71 bits per heavy atom. The summed E-state index contributed by atoms with van der Waals surface area (Å²) in [6, 6.07) is 4.55. The maximum absolute atomic E-state index is 12.7. The smallest absolute Gasteiger partial charge is 0.257 e. The van der Waals surface area contributed by atoms with Crippen LogP contribution in [0.25, 0.3) is 0 Å². The minimum Gasteiger partial charge on any atom is -0.496 e. The molecule has 1 aromatic rings. The van der Waals surface area contributed by atoms with Crippen molar-refractivity contribution >= 4 is 27.3 Å². The molecule has 1 aromatic carbocycles. The van der Waals surface area contributed by atoms with E-state index in [2.05, 4.69) is 0 Å². The molecule has 0 aliphatic carbocycles. The highest BCUT2D eigenvalue weighted by molar-refractivity contribution is 7.91. The molecular weight excluding hydrogens is 314 g/mol. The van der Waals surface area contributed by atoms with Gasteiger partial charge in [0, 0.05) is 17.6 Å². The number of methoxy groups -OCH3 is 1. The van der Waals surface area contributed by atoms with Gasteiger partial charge in [-0.2, -0.15) is 0 Å². The fourth-order valence-corrected chi connectivity index (χ4v) is 4.49. The Labute approximate surface area is 129 Å². The lowest BCUT2D eigenvalue weighted by Gasteiger charge is -2.27. The summed E-state index contributed by atoms with van der Waals surface area (Å²) in [5.41, 5.74) is 0.358. The first-order chi connectivity index (χ1) is 9.88. The number of amides is 1. The van der Waals surface area contributed by atoms with Crippen LogP contribution in [0.15, 0.2) is 18.2 Å². The van der Waals surface area contributed by atoms with Gasteiger partial charge in [0.25, 0.3) is 5.91 Å². The van der Waals surface area contributed by atoms with Crippen molar-refractivity contribution in [3.63, 3.8) is 0 Å². The summed E-state index contributed by atoms with van der Waals surface area (Å²) in [6.45, 7) is 2.27. The van der Waals surface area contributed by atoms with Crippen molar-refractivity contribution < 1.29 is 17.9 Å². The van der Waals surface area contributed by atoms with Crippen LogP contribution >= 0.6 is 11.6 Å². The SMILES string of the molecule is CCN(C(=O)c1cc(Cl)ccc1OC)C1CCS(=O)(=O)C1. The van der Waals surface area contributed by atoms with Gasteiger partial charge in [-0.1, -0.05) is 11.6 Å². The van der Waals surface area contributed by atoms with Gasteiger partial charge in [0.2, 0.25) is 0 Å². The average molecular weight is 332 g/mol. The van der Waals surface area contributed by atoms with E-state index in [0.29, 0.717) is 29.3 Å². The van der Waals surface area contributed by atoms with Crippen molar-refractivity contribution in [3.05, 3.63) is 28.8 Å². The molecule has 0 radical (unpaired) electrons. The zero-order valence-corrected chi connectivity index (χ0v) is 13.6. The van der Waals surface area contributed by atoms with Gasteiger partial charge in [-0.3, -0.25) is 4.79 Å². The molecule has 116 valence electrons. The fraction of sp³-hybridized carbons (Fsp3) is 0.500. The van der Waals surface area contributed by atoms with Crippen molar-refractivity contribution in [2.45, 2.75) is 19.4 Å². The molecule has 7 heteroatoms. The molecular formula is C14H18ClNO4S. The highest BCUT2D eigenvalue weighted by Crippen LogP contribution is 2.26. The Balaban J connectivity index is 2.31. The van der Waals surface area contributed by atoms with Crippen LogP contribution in [-0.4, -0.2) is 50.4 Å². The number of sulfone groups is 1. The van der Waals surface area contributed by atoms with Gasteiger partial charge in [0.05, 0.1) is 24.2 Å².